The summed E-state index contributed by atoms with van der Waals surface area (Å²) in [5.41, 5.74) is 1.27. The highest BCUT2D eigenvalue weighted by Crippen LogP contribution is 2.27. The van der Waals surface area contributed by atoms with Crippen molar-refractivity contribution in [3.63, 3.8) is 0 Å². The van der Waals surface area contributed by atoms with Crippen LogP contribution in [0.15, 0.2) is 22.7 Å². The van der Waals surface area contributed by atoms with Gasteiger partial charge in [-0.15, -0.1) is 0 Å². The number of benzene rings is 1. The van der Waals surface area contributed by atoms with E-state index in [1.54, 1.807) is 7.11 Å². The van der Waals surface area contributed by atoms with E-state index in [0.29, 0.717) is 6.04 Å². The van der Waals surface area contributed by atoms with Gasteiger partial charge >= 0.3 is 0 Å². The van der Waals surface area contributed by atoms with Crippen LogP contribution in [0.25, 0.3) is 0 Å². The zero-order chi connectivity index (χ0) is 15.0. The molecule has 0 radical (unpaired) electrons. The Balaban J connectivity index is 2.83. The molecule has 0 aromatic heterocycles. The molecule has 2 nitrogen and oxygen atoms in total. The number of likely N-dealkylation sites (N-methyl/N-ethyl adjacent to an activating group) is 1. The van der Waals surface area contributed by atoms with Crippen molar-refractivity contribution >= 4 is 15.9 Å². The minimum atomic E-state index is 0.509. The Kier molecular flexibility index (Phi) is 8.24. The summed E-state index contributed by atoms with van der Waals surface area (Å²) in [5, 5.41) is 3.51. The van der Waals surface area contributed by atoms with Crippen LogP contribution < -0.4 is 10.1 Å². The van der Waals surface area contributed by atoms with Crippen LogP contribution >= 0.6 is 15.9 Å². The van der Waals surface area contributed by atoms with Crippen LogP contribution in [0.2, 0.25) is 0 Å². The summed E-state index contributed by atoms with van der Waals surface area (Å²) in [7, 11) is 3.82. The Hall–Kier alpha value is -0.540. The first-order valence-corrected chi connectivity index (χ1v) is 8.45. The van der Waals surface area contributed by atoms with E-state index in [1.807, 2.05) is 12.1 Å². The Morgan fingerprint density at radius 2 is 2.05 bits per heavy atom. The van der Waals surface area contributed by atoms with Crippen LogP contribution in [0.3, 0.4) is 0 Å². The standard InChI is InChI=1S/C17H28BrNO/c1-5-7-8-13(6-2)16(19-3)12-14-11-15(18)9-10-17(14)20-4/h9-11,13,16,19H,5-8,12H2,1-4H3. The predicted octanol–water partition coefficient (Wildman–Crippen LogP) is 4.80. The highest BCUT2D eigenvalue weighted by molar-refractivity contribution is 9.10. The third kappa shape index (κ3) is 5.10. The quantitative estimate of drug-likeness (QED) is 0.696. The number of unbranched alkanes of at least 4 members (excludes halogenated alkanes) is 1. The highest BCUT2D eigenvalue weighted by Gasteiger charge is 2.20. The lowest BCUT2D eigenvalue weighted by atomic mass is 9.87. The van der Waals surface area contributed by atoms with Gasteiger partial charge in [-0.1, -0.05) is 49.0 Å². The topological polar surface area (TPSA) is 21.3 Å². The molecular formula is C17H28BrNO. The number of rotatable bonds is 9. The largest absolute Gasteiger partial charge is 0.496 e. The fourth-order valence-electron chi connectivity index (χ4n) is 2.80. The van der Waals surface area contributed by atoms with E-state index >= 15 is 0 Å². The number of methoxy groups -OCH3 is 1. The average molecular weight is 342 g/mol. The zero-order valence-corrected chi connectivity index (χ0v) is 14.8. The summed E-state index contributed by atoms with van der Waals surface area (Å²) in [4.78, 5) is 0. The lowest BCUT2D eigenvalue weighted by Gasteiger charge is -2.27. The molecule has 114 valence electrons. The molecule has 1 rings (SSSR count). The van der Waals surface area contributed by atoms with E-state index in [0.717, 1.165) is 22.6 Å². The molecule has 20 heavy (non-hydrogen) atoms. The van der Waals surface area contributed by atoms with Crippen molar-refractivity contribution in [1.29, 1.82) is 0 Å². The van der Waals surface area contributed by atoms with Gasteiger partial charge in [0, 0.05) is 10.5 Å². The van der Waals surface area contributed by atoms with Crippen LogP contribution in [-0.4, -0.2) is 20.2 Å². The molecule has 0 aliphatic heterocycles. The number of nitrogens with one attached hydrogen (secondary N) is 1. The summed E-state index contributed by atoms with van der Waals surface area (Å²) in [6.45, 7) is 4.56. The van der Waals surface area contributed by atoms with Gasteiger partial charge in [0.25, 0.3) is 0 Å². The maximum atomic E-state index is 5.49. The van der Waals surface area contributed by atoms with E-state index in [2.05, 4.69) is 48.2 Å². The molecule has 0 amide bonds. The highest BCUT2D eigenvalue weighted by atomic mass is 79.9. The van der Waals surface area contributed by atoms with Crippen LogP contribution in [0.5, 0.6) is 5.75 Å². The molecule has 0 saturated carbocycles. The normalized spacial score (nSPS) is 14.1. The third-order valence-electron chi connectivity index (χ3n) is 4.07. The average Bonchev–Trinajstić information content (AvgIpc) is 2.46. The summed E-state index contributed by atoms with van der Waals surface area (Å²) < 4.78 is 6.61. The van der Waals surface area contributed by atoms with Crippen molar-refractivity contribution < 1.29 is 4.74 Å². The fraction of sp³-hybridized carbons (Fsp3) is 0.647. The number of hydrogen-bond donors (Lipinski definition) is 1. The summed E-state index contributed by atoms with van der Waals surface area (Å²) in [6.07, 6.45) is 6.12. The summed E-state index contributed by atoms with van der Waals surface area (Å²) in [6, 6.07) is 6.76. The molecule has 0 heterocycles. The molecule has 0 saturated heterocycles. The molecule has 1 aromatic carbocycles. The van der Waals surface area contributed by atoms with Crippen LogP contribution in [-0.2, 0) is 6.42 Å². The van der Waals surface area contributed by atoms with Gasteiger partial charge in [0.1, 0.15) is 5.75 Å². The Bertz CT molecular complexity index is 395. The lowest BCUT2D eigenvalue weighted by molar-refractivity contribution is 0.325. The van der Waals surface area contributed by atoms with Crippen molar-refractivity contribution in [3.8, 4) is 5.75 Å². The maximum absolute atomic E-state index is 5.49. The van der Waals surface area contributed by atoms with E-state index < -0.39 is 0 Å². The van der Waals surface area contributed by atoms with Gasteiger partial charge in [-0.3, -0.25) is 0 Å². The minimum absolute atomic E-state index is 0.509. The Labute approximate surface area is 132 Å². The van der Waals surface area contributed by atoms with Crippen molar-refractivity contribution in [1.82, 2.24) is 5.32 Å². The molecule has 0 fully saturated rings. The first-order chi connectivity index (χ1) is 9.65. The van der Waals surface area contributed by atoms with Crippen molar-refractivity contribution in [2.75, 3.05) is 14.2 Å². The summed E-state index contributed by atoms with van der Waals surface area (Å²) >= 11 is 3.56. The number of hydrogen-bond acceptors (Lipinski definition) is 2. The van der Waals surface area contributed by atoms with E-state index in [-0.39, 0.29) is 0 Å². The van der Waals surface area contributed by atoms with Gasteiger partial charge in [0.05, 0.1) is 7.11 Å². The molecular weight excluding hydrogens is 314 g/mol. The summed E-state index contributed by atoms with van der Waals surface area (Å²) in [5.74, 6) is 1.71. The first kappa shape index (κ1) is 17.5. The Morgan fingerprint density at radius 1 is 1.30 bits per heavy atom. The minimum Gasteiger partial charge on any atom is -0.496 e. The molecule has 2 unspecified atom stereocenters. The lowest BCUT2D eigenvalue weighted by Crippen LogP contribution is -2.35. The van der Waals surface area contributed by atoms with E-state index in [9.17, 15) is 0 Å². The van der Waals surface area contributed by atoms with Gasteiger partial charge in [0.2, 0.25) is 0 Å². The van der Waals surface area contributed by atoms with Crippen molar-refractivity contribution in [2.24, 2.45) is 5.92 Å². The fourth-order valence-corrected chi connectivity index (χ4v) is 3.21. The number of halogens is 1. The second-order valence-electron chi connectivity index (χ2n) is 5.37. The third-order valence-corrected chi connectivity index (χ3v) is 4.57. The predicted molar refractivity (Wildman–Crippen MR) is 90.6 cm³/mol. The smallest absolute Gasteiger partial charge is 0.122 e. The maximum Gasteiger partial charge on any atom is 0.122 e. The van der Waals surface area contributed by atoms with Gasteiger partial charge < -0.3 is 10.1 Å². The van der Waals surface area contributed by atoms with Crippen molar-refractivity contribution in [3.05, 3.63) is 28.2 Å². The van der Waals surface area contributed by atoms with Crippen LogP contribution in [0, 0.1) is 5.92 Å². The molecule has 3 heteroatoms. The van der Waals surface area contributed by atoms with Crippen molar-refractivity contribution in [2.45, 2.75) is 52.0 Å². The molecule has 1 N–H and O–H groups in total. The van der Waals surface area contributed by atoms with E-state index in [4.69, 9.17) is 4.74 Å². The molecule has 0 bridgehead atoms. The van der Waals surface area contributed by atoms with E-state index in [1.165, 1.54) is 31.2 Å². The zero-order valence-electron chi connectivity index (χ0n) is 13.2. The monoisotopic (exact) mass is 341 g/mol. The SMILES string of the molecule is CCCCC(CC)C(Cc1cc(Br)ccc1OC)NC. The molecule has 2 atom stereocenters. The molecule has 0 aliphatic carbocycles. The molecule has 0 aliphatic rings. The van der Waals surface area contributed by atoms with Gasteiger partial charge in [0.15, 0.2) is 0 Å². The van der Waals surface area contributed by atoms with Gasteiger partial charge in [-0.25, -0.2) is 0 Å². The molecule has 1 aromatic rings. The van der Waals surface area contributed by atoms with Crippen LogP contribution in [0.4, 0.5) is 0 Å². The Morgan fingerprint density at radius 3 is 2.60 bits per heavy atom. The number of ether oxygens (including phenoxy) is 1. The van der Waals surface area contributed by atoms with Gasteiger partial charge in [-0.05, 0) is 49.6 Å². The second-order valence-corrected chi connectivity index (χ2v) is 6.28. The molecule has 0 spiro atoms. The first-order valence-electron chi connectivity index (χ1n) is 7.65. The second kappa shape index (κ2) is 9.41. The van der Waals surface area contributed by atoms with Gasteiger partial charge in [-0.2, -0.15) is 0 Å². The van der Waals surface area contributed by atoms with Crippen LogP contribution in [0.1, 0.15) is 45.1 Å².